The van der Waals surface area contributed by atoms with Crippen LogP contribution in [0.3, 0.4) is 0 Å². The summed E-state index contributed by atoms with van der Waals surface area (Å²) in [5, 5.41) is 12.1. The second-order valence-corrected chi connectivity index (χ2v) is 4.69. The van der Waals surface area contributed by atoms with E-state index in [0.29, 0.717) is 11.0 Å². The molecule has 0 aliphatic carbocycles. The van der Waals surface area contributed by atoms with Crippen LogP contribution in [0.5, 0.6) is 0 Å². The lowest BCUT2D eigenvalue weighted by molar-refractivity contribution is 0.587. The third-order valence-electron chi connectivity index (χ3n) is 2.06. The van der Waals surface area contributed by atoms with Crippen LogP contribution in [0.15, 0.2) is 17.2 Å². The van der Waals surface area contributed by atoms with E-state index in [1.807, 2.05) is 6.92 Å². The fourth-order valence-corrected chi connectivity index (χ4v) is 0.785. The number of hydrogen-bond acceptors (Lipinski definition) is 4. The maximum atomic E-state index is 5.61. The molecule has 0 saturated heterocycles. The minimum absolute atomic E-state index is 0.0485. The molecule has 0 aliphatic heterocycles. The smallest absolute Gasteiger partial charge is 0.168 e. The van der Waals surface area contributed by atoms with Crippen LogP contribution < -0.4 is 5.43 Å². The van der Waals surface area contributed by atoms with Gasteiger partial charge in [0.15, 0.2) is 11.0 Å². The van der Waals surface area contributed by atoms with Crippen molar-refractivity contribution in [3.05, 3.63) is 17.3 Å². The molecule has 0 unspecified atom stereocenters. The normalized spacial score (nSPS) is 12.7. The van der Waals surface area contributed by atoms with Gasteiger partial charge in [0, 0.05) is 11.1 Å². The summed E-state index contributed by atoms with van der Waals surface area (Å²) < 4.78 is 0. The predicted octanol–water partition coefficient (Wildman–Crippen LogP) is 2.96. The number of nitrogens with zero attached hydrogens (tertiary/aromatic N) is 3. The van der Waals surface area contributed by atoms with Gasteiger partial charge >= 0.3 is 0 Å². The van der Waals surface area contributed by atoms with Gasteiger partial charge in [0.05, 0.1) is 0 Å². The third-order valence-corrected chi connectivity index (χ3v) is 2.26. The molecule has 0 aromatic carbocycles. The minimum Gasteiger partial charge on any atom is -0.260 e. The second kappa shape index (κ2) is 4.57. The number of halogens is 1. The summed E-state index contributed by atoms with van der Waals surface area (Å²) in [6.45, 7) is 8.26. The second-order valence-electron chi connectivity index (χ2n) is 4.30. The Balaban J connectivity index is 2.68. The Bertz CT molecular complexity index is 351. The molecule has 0 amide bonds. The van der Waals surface area contributed by atoms with Crippen molar-refractivity contribution in [2.75, 3.05) is 5.43 Å². The molecule has 4 nitrogen and oxygen atoms in total. The van der Waals surface area contributed by atoms with Gasteiger partial charge in [0.1, 0.15) is 0 Å². The molecule has 1 aromatic heterocycles. The number of rotatable bonds is 2. The number of anilines is 1. The van der Waals surface area contributed by atoms with Crippen LogP contribution in [0.1, 0.15) is 27.7 Å². The molecule has 0 atom stereocenters. The maximum absolute atomic E-state index is 5.61. The Morgan fingerprint density at radius 3 is 2.47 bits per heavy atom. The molecule has 1 aromatic rings. The Labute approximate surface area is 94.7 Å². The molecule has 1 N–H and O–H groups in total. The standard InChI is InChI=1S/C10H15ClN4/c1-7(10(2,3)4)12-14-9-6-5-8(11)13-15-9/h5-6H,1-4H3,(H,14,15)/b12-7+. The van der Waals surface area contributed by atoms with Crippen molar-refractivity contribution < 1.29 is 0 Å². The predicted molar refractivity (Wildman–Crippen MR) is 63.2 cm³/mol. The highest BCUT2D eigenvalue weighted by Gasteiger charge is 2.14. The van der Waals surface area contributed by atoms with E-state index in [-0.39, 0.29) is 5.41 Å². The van der Waals surface area contributed by atoms with Crippen molar-refractivity contribution >= 4 is 23.1 Å². The van der Waals surface area contributed by atoms with Crippen LogP contribution in [0.4, 0.5) is 5.82 Å². The van der Waals surface area contributed by atoms with E-state index in [1.54, 1.807) is 12.1 Å². The molecular formula is C10H15ClN4. The number of aromatic nitrogens is 2. The summed E-state index contributed by atoms with van der Waals surface area (Å²) in [7, 11) is 0. The van der Waals surface area contributed by atoms with E-state index >= 15 is 0 Å². The third kappa shape index (κ3) is 3.83. The van der Waals surface area contributed by atoms with E-state index in [0.717, 1.165) is 5.71 Å². The Morgan fingerprint density at radius 1 is 1.33 bits per heavy atom. The maximum Gasteiger partial charge on any atom is 0.168 e. The zero-order valence-corrected chi connectivity index (χ0v) is 10.1. The number of hydrazone groups is 1. The zero-order chi connectivity index (χ0) is 11.5. The average molecular weight is 227 g/mol. The quantitative estimate of drug-likeness (QED) is 0.623. The molecule has 1 rings (SSSR count). The molecule has 0 saturated carbocycles. The first-order valence-electron chi connectivity index (χ1n) is 4.69. The summed E-state index contributed by atoms with van der Waals surface area (Å²) in [6.07, 6.45) is 0. The van der Waals surface area contributed by atoms with E-state index in [2.05, 4.69) is 41.5 Å². The fraction of sp³-hybridized carbons (Fsp3) is 0.500. The summed E-state index contributed by atoms with van der Waals surface area (Å²) in [4.78, 5) is 0. The lowest BCUT2D eigenvalue weighted by Gasteiger charge is -2.17. The van der Waals surface area contributed by atoms with Gasteiger partial charge in [0.25, 0.3) is 0 Å². The molecule has 0 bridgehead atoms. The van der Waals surface area contributed by atoms with Gasteiger partial charge in [-0.2, -0.15) is 5.10 Å². The highest BCUT2D eigenvalue weighted by molar-refractivity contribution is 6.29. The molecular weight excluding hydrogens is 212 g/mol. The van der Waals surface area contributed by atoms with E-state index < -0.39 is 0 Å². The van der Waals surface area contributed by atoms with Crippen molar-refractivity contribution in [3.8, 4) is 0 Å². The highest BCUT2D eigenvalue weighted by Crippen LogP contribution is 2.15. The van der Waals surface area contributed by atoms with E-state index in [4.69, 9.17) is 11.6 Å². The first-order valence-corrected chi connectivity index (χ1v) is 5.07. The van der Waals surface area contributed by atoms with Crippen molar-refractivity contribution in [2.45, 2.75) is 27.7 Å². The highest BCUT2D eigenvalue weighted by atomic mass is 35.5. The summed E-state index contributed by atoms with van der Waals surface area (Å²) in [5.74, 6) is 0.586. The number of hydrogen-bond donors (Lipinski definition) is 1. The first-order chi connectivity index (χ1) is 6.89. The Morgan fingerprint density at radius 2 is 2.00 bits per heavy atom. The molecule has 0 aliphatic rings. The molecule has 15 heavy (non-hydrogen) atoms. The SMILES string of the molecule is C/C(=N\Nc1ccc(Cl)nn1)C(C)(C)C. The van der Waals surface area contributed by atoms with Crippen LogP contribution in [-0.2, 0) is 0 Å². The molecule has 0 radical (unpaired) electrons. The summed E-state index contributed by atoms with van der Waals surface area (Å²) in [5.41, 5.74) is 3.88. The van der Waals surface area contributed by atoms with Gasteiger partial charge in [-0.3, -0.25) is 5.43 Å². The van der Waals surface area contributed by atoms with Crippen molar-refractivity contribution in [2.24, 2.45) is 10.5 Å². The molecule has 5 heteroatoms. The van der Waals surface area contributed by atoms with E-state index in [1.165, 1.54) is 0 Å². The topological polar surface area (TPSA) is 50.2 Å². The number of nitrogens with one attached hydrogen (secondary N) is 1. The summed E-state index contributed by atoms with van der Waals surface area (Å²) in [6, 6.07) is 3.40. The first kappa shape index (κ1) is 11.9. The monoisotopic (exact) mass is 226 g/mol. The van der Waals surface area contributed by atoms with Gasteiger partial charge in [0.2, 0.25) is 0 Å². The minimum atomic E-state index is 0.0485. The van der Waals surface area contributed by atoms with Crippen LogP contribution in [-0.4, -0.2) is 15.9 Å². The van der Waals surface area contributed by atoms with Crippen molar-refractivity contribution in [3.63, 3.8) is 0 Å². The van der Waals surface area contributed by atoms with Crippen molar-refractivity contribution in [1.82, 2.24) is 10.2 Å². The van der Waals surface area contributed by atoms with Gasteiger partial charge in [-0.05, 0) is 19.1 Å². The molecule has 1 heterocycles. The summed E-state index contributed by atoms with van der Waals surface area (Å²) >= 11 is 5.61. The van der Waals surface area contributed by atoms with Crippen LogP contribution >= 0.6 is 11.6 Å². The lowest BCUT2D eigenvalue weighted by Crippen LogP contribution is -2.18. The molecule has 0 spiro atoms. The Kier molecular flexibility index (Phi) is 3.63. The van der Waals surface area contributed by atoms with Gasteiger partial charge in [-0.15, -0.1) is 10.2 Å². The van der Waals surface area contributed by atoms with Crippen molar-refractivity contribution in [1.29, 1.82) is 0 Å². The van der Waals surface area contributed by atoms with Crippen LogP contribution in [0.2, 0.25) is 5.15 Å². The lowest BCUT2D eigenvalue weighted by atomic mass is 9.91. The average Bonchev–Trinajstić information content (AvgIpc) is 2.15. The van der Waals surface area contributed by atoms with Gasteiger partial charge in [-0.1, -0.05) is 32.4 Å². The van der Waals surface area contributed by atoms with Crippen LogP contribution in [0.25, 0.3) is 0 Å². The van der Waals surface area contributed by atoms with E-state index in [9.17, 15) is 0 Å². The Hall–Kier alpha value is -1.16. The fourth-order valence-electron chi connectivity index (χ4n) is 0.684. The van der Waals surface area contributed by atoms with Gasteiger partial charge in [-0.25, -0.2) is 0 Å². The molecule has 0 fully saturated rings. The molecule has 82 valence electrons. The van der Waals surface area contributed by atoms with Gasteiger partial charge < -0.3 is 0 Å². The van der Waals surface area contributed by atoms with Crippen LogP contribution in [0, 0.1) is 5.41 Å². The largest absolute Gasteiger partial charge is 0.260 e. The zero-order valence-electron chi connectivity index (χ0n) is 9.37.